The predicted octanol–water partition coefficient (Wildman–Crippen LogP) is 2.96. The van der Waals surface area contributed by atoms with Crippen molar-refractivity contribution in [1.29, 1.82) is 0 Å². The van der Waals surface area contributed by atoms with Crippen molar-refractivity contribution in [1.82, 2.24) is 14.9 Å². The zero-order chi connectivity index (χ0) is 19.3. The summed E-state index contributed by atoms with van der Waals surface area (Å²) < 4.78 is 38.1. The second-order valence-electron chi connectivity index (χ2n) is 5.92. The highest BCUT2D eigenvalue weighted by Crippen LogP contribution is 2.19. The molecule has 142 valence electrons. The van der Waals surface area contributed by atoms with Gasteiger partial charge in [0.15, 0.2) is 0 Å². The van der Waals surface area contributed by atoms with Crippen LogP contribution in [0.25, 0.3) is 11.5 Å². The molecule has 0 aliphatic carbocycles. The lowest BCUT2D eigenvalue weighted by molar-refractivity contribution is 0.340. The van der Waals surface area contributed by atoms with Crippen LogP contribution in [0.5, 0.6) is 5.75 Å². The lowest BCUT2D eigenvalue weighted by Crippen LogP contribution is -2.26. The van der Waals surface area contributed by atoms with E-state index in [1.807, 2.05) is 38.1 Å². The Morgan fingerprint density at radius 3 is 2.41 bits per heavy atom. The molecule has 0 fully saturated rings. The van der Waals surface area contributed by atoms with Gasteiger partial charge in [0.2, 0.25) is 21.8 Å². The molecule has 8 heteroatoms. The van der Waals surface area contributed by atoms with Crippen LogP contribution in [-0.4, -0.2) is 31.8 Å². The molecule has 0 amide bonds. The third kappa shape index (κ3) is 4.93. The fraction of sp³-hybridized carbons (Fsp3) is 0.263. The van der Waals surface area contributed by atoms with E-state index in [1.54, 1.807) is 12.1 Å². The van der Waals surface area contributed by atoms with Gasteiger partial charge in [0, 0.05) is 18.5 Å². The van der Waals surface area contributed by atoms with Gasteiger partial charge in [-0.1, -0.05) is 17.7 Å². The second kappa shape index (κ2) is 8.32. The number of sulfonamides is 1. The number of benzene rings is 2. The third-order valence-electron chi connectivity index (χ3n) is 3.84. The van der Waals surface area contributed by atoms with Gasteiger partial charge in [-0.3, -0.25) is 0 Å². The molecule has 2 aromatic carbocycles. The molecule has 7 nitrogen and oxygen atoms in total. The number of aromatic nitrogens is 2. The summed E-state index contributed by atoms with van der Waals surface area (Å²) in [4.78, 5) is 0.178. The van der Waals surface area contributed by atoms with Crippen LogP contribution in [0.3, 0.4) is 0 Å². The summed E-state index contributed by atoms with van der Waals surface area (Å²) in [6.45, 7) is 4.55. The molecule has 0 spiro atoms. The van der Waals surface area contributed by atoms with Crippen molar-refractivity contribution in [2.45, 2.75) is 25.2 Å². The number of hydrogen-bond donors (Lipinski definition) is 1. The van der Waals surface area contributed by atoms with E-state index in [0.29, 0.717) is 30.6 Å². The molecule has 3 rings (SSSR count). The van der Waals surface area contributed by atoms with Gasteiger partial charge < -0.3 is 9.15 Å². The van der Waals surface area contributed by atoms with Crippen molar-refractivity contribution >= 4 is 10.0 Å². The Hall–Kier alpha value is -2.71. The van der Waals surface area contributed by atoms with E-state index in [9.17, 15) is 8.42 Å². The first-order chi connectivity index (χ1) is 13.0. The van der Waals surface area contributed by atoms with E-state index in [-0.39, 0.29) is 11.4 Å². The summed E-state index contributed by atoms with van der Waals surface area (Å²) >= 11 is 0. The van der Waals surface area contributed by atoms with Crippen molar-refractivity contribution in [2.75, 3.05) is 13.2 Å². The first-order valence-corrected chi connectivity index (χ1v) is 10.1. The molecule has 0 atom stereocenters. The van der Waals surface area contributed by atoms with Crippen molar-refractivity contribution in [3.8, 4) is 17.2 Å². The van der Waals surface area contributed by atoms with Gasteiger partial charge in [-0.2, -0.15) is 0 Å². The topological polar surface area (TPSA) is 94.3 Å². The summed E-state index contributed by atoms with van der Waals surface area (Å²) in [5.74, 6) is 1.42. The van der Waals surface area contributed by atoms with E-state index >= 15 is 0 Å². The van der Waals surface area contributed by atoms with Crippen LogP contribution in [-0.2, 0) is 16.4 Å². The number of aryl methyl sites for hydroxylation is 1. The fourth-order valence-electron chi connectivity index (χ4n) is 2.42. The van der Waals surface area contributed by atoms with E-state index in [4.69, 9.17) is 9.15 Å². The van der Waals surface area contributed by atoms with Crippen molar-refractivity contribution in [3.05, 3.63) is 60.0 Å². The molecule has 0 saturated heterocycles. The standard InChI is InChI=1S/C19H21N3O4S/c1-3-25-16-8-10-17(11-9-16)27(23,24)20-13-12-18-21-22-19(26-18)15-6-4-14(2)5-7-15/h4-11,20H,3,12-13H2,1-2H3. The zero-order valence-electron chi connectivity index (χ0n) is 15.2. The van der Waals surface area contributed by atoms with Crippen LogP contribution in [0.4, 0.5) is 0 Å². The van der Waals surface area contributed by atoms with E-state index in [1.165, 1.54) is 12.1 Å². The zero-order valence-corrected chi connectivity index (χ0v) is 16.0. The molecule has 0 aliphatic heterocycles. The van der Waals surface area contributed by atoms with Gasteiger partial charge in [-0.05, 0) is 50.2 Å². The molecule has 1 heterocycles. The Morgan fingerprint density at radius 2 is 1.74 bits per heavy atom. The number of ether oxygens (including phenoxy) is 1. The molecule has 1 aromatic heterocycles. The highest BCUT2D eigenvalue weighted by atomic mass is 32.2. The molecular formula is C19H21N3O4S. The summed E-state index contributed by atoms with van der Waals surface area (Å²) in [5.41, 5.74) is 1.97. The van der Waals surface area contributed by atoms with Crippen molar-refractivity contribution in [2.24, 2.45) is 0 Å². The number of rotatable bonds is 8. The maximum atomic E-state index is 12.3. The van der Waals surface area contributed by atoms with Gasteiger partial charge in [-0.25, -0.2) is 13.1 Å². The normalized spacial score (nSPS) is 11.5. The van der Waals surface area contributed by atoms with Gasteiger partial charge in [0.05, 0.1) is 11.5 Å². The first kappa shape index (κ1) is 19.1. The molecule has 0 unspecified atom stereocenters. The van der Waals surface area contributed by atoms with Crippen LogP contribution < -0.4 is 9.46 Å². The van der Waals surface area contributed by atoms with Gasteiger partial charge in [0.25, 0.3) is 0 Å². The van der Waals surface area contributed by atoms with Crippen LogP contribution >= 0.6 is 0 Å². The first-order valence-electron chi connectivity index (χ1n) is 8.60. The lowest BCUT2D eigenvalue weighted by Gasteiger charge is -2.07. The Kier molecular flexibility index (Phi) is 5.88. The Bertz CT molecular complexity index is 981. The van der Waals surface area contributed by atoms with Crippen molar-refractivity contribution < 1.29 is 17.6 Å². The predicted molar refractivity (Wildman–Crippen MR) is 101 cm³/mol. The van der Waals surface area contributed by atoms with Gasteiger partial charge in [0.1, 0.15) is 5.75 Å². The minimum atomic E-state index is -3.61. The maximum Gasteiger partial charge on any atom is 0.247 e. The largest absolute Gasteiger partial charge is 0.494 e. The van der Waals surface area contributed by atoms with Crippen LogP contribution in [0.1, 0.15) is 18.4 Å². The van der Waals surface area contributed by atoms with Gasteiger partial charge in [-0.15, -0.1) is 10.2 Å². The molecular weight excluding hydrogens is 366 g/mol. The van der Waals surface area contributed by atoms with E-state index in [0.717, 1.165) is 11.1 Å². The minimum Gasteiger partial charge on any atom is -0.494 e. The van der Waals surface area contributed by atoms with E-state index in [2.05, 4.69) is 14.9 Å². The minimum absolute atomic E-state index is 0.158. The van der Waals surface area contributed by atoms with Crippen LogP contribution in [0, 0.1) is 6.92 Å². The molecule has 0 radical (unpaired) electrons. The summed E-state index contributed by atoms with van der Waals surface area (Å²) in [6, 6.07) is 14.0. The Balaban J connectivity index is 1.58. The molecule has 27 heavy (non-hydrogen) atoms. The highest BCUT2D eigenvalue weighted by molar-refractivity contribution is 7.89. The number of nitrogens with one attached hydrogen (secondary N) is 1. The fourth-order valence-corrected chi connectivity index (χ4v) is 3.46. The molecule has 3 aromatic rings. The second-order valence-corrected chi connectivity index (χ2v) is 7.69. The van der Waals surface area contributed by atoms with Gasteiger partial charge >= 0.3 is 0 Å². The number of hydrogen-bond acceptors (Lipinski definition) is 6. The highest BCUT2D eigenvalue weighted by Gasteiger charge is 2.15. The average Bonchev–Trinajstić information content (AvgIpc) is 3.12. The van der Waals surface area contributed by atoms with E-state index < -0.39 is 10.0 Å². The van der Waals surface area contributed by atoms with Crippen LogP contribution in [0.15, 0.2) is 57.8 Å². The monoisotopic (exact) mass is 387 g/mol. The molecule has 0 aliphatic rings. The quantitative estimate of drug-likeness (QED) is 0.639. The van der Waals surface area contributed by atoms with Crippen LogP contribution in [0.2, 0.25) is 0 Å². The molecule has 0 saturated carbocycles. The SMILES string of the molecule is CCOc1ccc(S(=O)(=O)NCCc2nnc(-c3ccc(C)cc3)o2)cc1. The van der Waals surface area contributed by atoms with Crippen molar-refractivity contribution in [3.63, 3.8) is 0 Å². The summed E-state index contributed by atoms with van der Waals surface area (Å²) in [6.07, 6.45) is 0.301. The Labute approximate surface area is 158 Å². The summed E-state index contributed by atoms with van der Waals surface area (Å²) in [5, 5.41) is 7.98. The number of nitrogens with zero attached hydrogens (tertiary/aromatic N) is 2. The Morgan fingerprint density at radius 1 is 1.04 bits per heavy atom. The summed E-state index contributed by atoms with van der Waals surface area (Å²) in [7, 11) is -3.61. The average molecular weight is 387 g/mol. The lowest BCUT2D eigenvalue weighted by atomic mass is 10.1. The molecule has 1 N–H and O–H groups in total. The smallest absolute Gasteiger partial charge is 0.247 e. The third-order valence-corrected chi connectivity index (χ3v) is 5.32. The molecule has 0 bridgehead atoms. The maximum absolute atomic E-state index is 12.3.